The average molecular weight is 492 g/mol. The molecule has 9 heteroatoms. The number of hydrogen-bond acceptors (Lipinski definition) is 9. The molecule has 36 heavy (non-hydrogen) atoms. The van der Waals surface area contributed by atoms with Gasteiger partial charge in [-0.2, -0.15) is 0 Å². The number of rotatable bonds is 6. The van der Waals surface area contributed by atoms with Crippen molar-refractivity contribution in [2.45, 2.75) is 24.4 Å². The van der Waals surface area contributed by atoms with Gasteiger partial charge in [-0.3, -0.25) is 4.79 Å². The van der Waals surface area contributed by atoms with Crippen LogP contribution >= 0.6 is 0 Å². The Morgan fingerprint density at radius 2 is 1.25 bits per heavy atom. The summed E-state index contributed by atoms with van der Waals surface area (Å²) in [6.07, 6.45) is 0.868. The number of carbonyl (C=O) groups is 1. The Bertz CT molecular complexity index is 1300. The Hall–Kier alpha value is -4.21. The Morgan fingerprint density at radius 3 is 1.94 bits per heavy atom. The van der Waals surface area contributed by atoms with Crippen LogP contribution < -0.4 is 18.9 Å². The second-order valence-electron chi connectivity index (χ2n) is 8.41. The number of hydrogen-bond donors (Lipinski definition) is 4. The third-order valence-electron chi connectivity index (χ3n) is 6.06. The third kappa shape index (κ3) is 4.41. The Labute approximate surface area is 206 Å². The van der Waals surface area contributed by atoms with Gasteiger partial charge in [0.1, 0.15) is 6.29 Å². The topological polar surface area (TPSA) is 135 Å². The van der Waals surface area contributed by atoms with Crippen LogP contribution in [0.1, 0.15) is 28.9 Å². The van der Waals surface area contributed by atoms with Crippen molar-refractivity contribution in [3.63, 3.8) is 0 Å². The van der Waals surface area contributed by atoms with Gasteiger partial charge in [0.15, 0.2) is 58.9 Å². The minimum Gasteiger partial charge on any atom is -0.504 e. The van der Waals surface area contributed by atoms with Crippen LogP contribution in [0.4, 0.5) is 0 Å². The van der Waals surface area contributed by atoms with Crippen LogP contribution in [0.15, 0.2) is 60.7 Å². The molecule has 3 aromatic rings. The zero-order chi connectivity index (χ0) is 25.2. The number of ether oxygens (including phenoxy) is 4. The maximum Gasteiger partial charge on any atom is 0.163 e. The molecule has 4 atom stereocenters. The minimum absolute atomic E-state index is 0.261. The average Bonchev–Trinajstić information content (AvgIpc) is 2.91. The summed E-state index contributed by atoms with van der Waals surface area (Å²) in [6.45, 7) is -0.653. The van der Waals surface area contributed by atoms with E-state index in [4.69, 9.17) is 18.9 Å². The number of benzene rings is 3. The quantitative estimate of drug-likeness (QED) is 0.233. The summed E-state index contributed by atoms with van der Waals surface area (Å²) >= 11 is 0. The normalized spacial score (nSPS) is 22.4. The molecule has 2 aliphatic heterocycles. The van der Waals surface area contributed by atoms with Crippen LogP contribution in [0.3, 0.4) is 0 Å². The van der Waals surface area contributed by atoms with Gasteiger partial charge in [-0.15, -0.1) is 0 Å². The van der Waals surface area contributed by atoms with E-state index in [2.05, 4.69) is 0 Å². The molecule has 2 heterocycles. The SMILES string of the molecule is O=C/C=C/c1ccc2c(c1)OC(c1ccc3c(c1)O[C@H](CO)C(c1ccc(O)c(O)c1)O3)[C@@H](CO)O2. The van der Waals surface area contributed by atoms with E-state index in [1.54, 1.807) is 48.5 Å². The highest BCUT2D eigenvalue weighted by atomic mass is 16.6. The minimum atomic E-state index is -0.776. The van der Waals surface area contributed by atoms with E-state index in [0.29, 0.717) is 40.4 Å². The summed E-state index contributed by atoms with van der Waals surface area (Å²) in [5.74, 6) is 1.17. The van der Waals surface area contributed by atoms with Crippen LogP contribution in [0.25, 0.3) is 6.08 Å². The molecule has 0 radical (unpaired) electrons. The number of aldehydes is 1. The van der Waals surface area contributed by atoms with E-state index in [0.717, 1.165) is 5.56 Å². The van der Waals surface area contributed by atoms with Crippen molar-refractivity contribution in [2.75, 3.05) is 13.2 Å². The maximum atomic E-state index is 10.6. The van der Waals surface area contributed by atoms with E-state index in [1.807, 2.05) is 0 Å². The molecule has 186 valence electrons. The van der Waals surface area contributed by atoms with Crippen LogP contribution in [-0.4, -0.2) is 52.1 Å². The van der Waals surface area contributed by atoms with Gasteiger partial charge < -0.3 is 39.4 Å². The molecule has 2 aliphatic rings. The highest BCUT2D eigenvalue weighted by molar-refractivity contribution is 5.74. The first-order valence-electron chi connectivity index (χ1n) is 11.3. The molecule has 9 nitrogen and oxygen atoms in total. The highest BCUT2D eigenvalue weighted by Gasteiger charge is 2.36. The zero-order valence-electron chi connectivity index (χ0n) is 19.0. The number of phenols is 2. The van der Waals surface area contributed by atoms with E-state index in [9.17, 15) is 25.2 Å². The van der Waals surface area contributed by atoms with Crippen LogP contribution in [0, 0.1) is 0 Å². The van der Waals surface area contributed by atoms with E-state index in [-0.39, 0.29) is 24.7 Å². The van der Waals surface area contributed by atoms with Gasteiger partial charge >= 0.3 is 0 Å². The molecule has 0 aromatic heterocycles. The summed E-state index contributed by atoms with van der Waals surface area (Å²) < 4.78 is 24.3. The number of allylic oxidation sites excluding steroid dienone is 1. The van der Waals surface area contributed by atoms with Crippen molar-refractivity contribution in [1.82, 2.24) is 0 Å². The first-order valence-corrected chi connectivity index (χ1v) is 11.3. The molecule has 0 saturated heterocycles. The molecule has 0 spiro atoms. The number of fused-ring (bicyclic) bond motifs is 2. The third-order valence-corrected chi connectivity index (χ3v) is 6.06. The summed E-state index contributed by atoms with van der Waals surface area (Å²) in [6, 6.07) is 14.7. The van der Waals surface area contributed by atoms with E-state index in [1.165, 1.54) is 18.2 Å². The Balaban J connectivity index is 1.43. The lowest BCUT2D eigenvalue weighted by molar-refractivity contribution is -0.104. The van der Waals surface area contributed by atoms with Crippen molar-refractivity contribution in [1.29, 1.82) is 0 Å². The lowest BCUT2D eigenvalue weighted by Crippen LogP contribution is -2.37. The fourth-order valence-corrected chi connectivity index (χ4v) is 4.28. The van der Waals surface area contributed by atoms with Gasteiger partial charge in [-0.05, 0) is 48.0 Å². The number of carbonyl (C=O) groups excluding carboxylic acids is 1. The number of aliphatic hydroxyl groups is 2. The molecule has 4 N–H and O–H groups in total. The highest BCUT2D eigenvalue weighted by Crippen LogP contribution is 2.45. The van der Waals surface area contributed by atoms with Crippen LogP contribution in [0.5, 0.6) is 34.5 Å². The standard InChI is InChI=1S/C27H24O9/c28-9-1-2-15-3-7-20-22(10-15)36-27(24(13-29)33-20)17-5-8-21-23(12-17)34-25(14-30)26(35-21)16-4-6-18(31)19(32)11-16/h1-12,24-27,29-32H,13-14H2/b2-1+/t24-,25-,26?,27?/m1/s1. The van der Waals surface area contributed by atoms with Gasteiger partial charge in [0.2, 0.25) is 0 Å². The monoisotopic (exact) mass is 492 g/mol. The largest absolute Gasteiger partial charge is 0.504 e. The number of aromatic hydroxyl groups is 2. The smallest absolute Gasteiger partial charge is 0.163 e. The Kier molecular flexibility index (Phi) is 6.41. The van der Waals surface area contributed by atoms with Crippen molar-refractivity contribution >= 4 is 12.4 Å². The predicted molar refractivity (Wildman–Crippen MR) is 127 cm³/mol. The van der Waals surface area contributed by atoms with E-state index >= 15 is 0 Å². The fourth-order valence-electron chi connectivity index (χ4n) is 4.28. The second-order valence-corrected chi connectivity index (χ2v) is 8.41. The van der Waals surface area contributed by atoms with Gasteiger partial charge in [0.05, 0.1) is 13.2 Å². The lowest BCUT2D eigenvalue weighted by Gasteiger charge is -2.36. The zero-order valence-corrected chi connectivity index (χ0v) is 19.0. The van der Waals surface area contributed by atoms with E-state index < -0.39 is 24.4 Å². The summed E-state index contributed by atoms with van der Waals surface area (Å²) in [4.78, 5) is 10.6. The number of phenolic OH excluding ortho intramolecular Hbond substituents is 2. The fraction of sp³-hybridized carbons (Fsp3) is 0.222. The second kappa shape index (κ2) is 9.80. The van der Waals surface area contributed by atoms with Gasteiger partial charge in [-0.25, -0.2) is 0 Å². The van der Waals surface area contributed by atoms with Gasteiger partial charge in [0.25, 0.3) is 0 Å². The molecule has 5 rings (SSSR count). The molecule has 0 fully saturated rings. The van der Waals surface area contributed by atoms with Crippen LogP contribution in [-0.2, 0) is 4.79 Å². The molecule has 0 aliphatic carbocycles. The summed E-state index contributed by atoms with van der Waals surface area (Å²) in [5.41, 5.74) is 1.94. The van der Waals surface area contributed by atoms with Crippen molar-refractivity contribution in [3.8, 4) is 34.5 Å². The van der Waals surface area contributed by atoms with Gasteiger partial charge in [0, 0.05) is 11.1 Å². The van der Waals surface area contributed by atoms with Gasteiger partial charge in [-0.1, -0.05) is 24.3 Å². The molecule has 3 aromatic carbocycles. The molecule has 2 unspecified atom stereocenters. The number of aliphatic hydroxyl groups excluding tert-OH is 2. The first kappa shape index (κ1) is 23.5. The predicted octanol–water partition coefficient (Wildman–Crippen LogP) is 3.06. The first-order chi connectivity index (χ1) is 17.5. The maximum absolute atomic E-state index is 10.6. The molecule has 0 bridgehead atoms. The summed E-state index contributed by atoms with van der Waals surface area (Å²) in [5, 5.41) is 39.4. The molecular weight excluding hydrogens is 468 g/mol. The lowest BCUT2D eigenvalue weighted by atomic mass is 10.00. The Morgan fingerprint density at radius 1 is 0.667 bits per heavy atom. The summed E-state index contributed by atoms with van der Waals surface area (Å²) in [7, 11) is 0. The molecule has 0 amide bonds. The molecule has 0 saturated carbocycles. The van der Waals surface area contributed by atoms with Crippen LogP contribution in [0.2, 0.25) is 0 Å². The van der Waals surface area contributed by atoms with Crippen molar-refractivity contribution < 1.29 is 44.2 Å². The molecular formula is C27H24O9. The van der Waals surface area contributed by atoms with Crippen molar-refractivity contribution in [3.05, 3.63) is 77.4 Å². The van der Waals surface area contributed by atoms with Crippen molar-refractivity contribution in [2.24, 2.45) is 0 Å².